The first-order chi connectivity index (χ1) is 18.7. The highest BCUT2D eigenvalue weighted by molar-refractivity contribution is 5.94. The van der Waals surface area contributed by atoms with Gasteiger partial charge in [0.25, 0.3) is 0 Å². The topological polar surface area (TPSA) is 102 Å². The van der Waals surface area contributed by atoms with E-state index in [1.54, 1.807) is 6.07 Å². The summed E-state index contributed by atoms with van der Waals surface area (Å²) in [5.74, 6) is 0.246. The first-order valence-electron chi connectivity index (χ1n) is 12.4. The Hall–Kier alpha value is -4.41. The number of carbonyl (C=O) groups is 1. The Morgan fingerprint density at radius 1 is 1.21 bits per heavy atom. The molecular weight excluding hydrogens is 513 g/mol. The second-order valence-electron chi connectivity index (χ2n) is 9.72. The maximum atomic E-state index is 13.6. The van der Waals surface area contributed by atoms with Crippen molar-refractivity contribution < 1.29 is 32.3 Å². The van der Waals surface area contributed by atoms with Crippen molar-refractivity contribution in [1.82, 2.24) is 15.1 Å². The van der Waals surface area contributed by atoms with E-state index in [1.165, 1.54) is 25.3 Å². The molecule has 3 aromatic heterocycles. The van der Waals surface area contributed by atoms with Crippen molar-refractivity contribution in [1.29, 1.82) is 0 Å². The molecule has 1 aliphatic carbocycles. The van der Waals surface area contributed by atoms with Crippen LogP contribution in [-0.2, 0) is 6.18 Å². The molecule has 1 saturated carbocycles. The molecule has 1 aliphatic heterocycles. The molecule has 11 heteroatoms. The van der Waals surface area contributed by atoms with Gasteiger partial charge >= 0.3 is 12.1 Å². The monoisotopic (exact) mass is 536 g/mol. The summed E-state index contributed by atoms with van der Waals surface area (Å²) >= 11 is 0. The number of hydrogen-bond acceptors (Lipinski definition) is 7. The molecule has 0 radical (unpaired) electrons. The van der Waals surface area contributed by atoms with Crippen LogP contribution < -0.4 is 9.64 Å². The number of nitrogens with zero attached hydrogens (tertiary/aromatic N) is 4. The molecule has 1 saturated heterocycles. The lowest BCUT2D eigenvalue weighted by atomic mass is 9.95. The van der Waals surface area contributed by atoms with Gasteiger partial charge < -0.3 is 19.3 Å². The van der Waals surface area contributed by atoms with Gasteiger partial charge in [0, 0.05) is 59.4 Å². The fourth-order valence-electron chi connectivity index (χ4n) is 4.86. The van der Waals surface area contributed by atoms with Crippen LogP contribution in [0.25, 0.3) is 28.2 Å². The Labute approximate surface area is 220 Å². The minimum Gasteiger partial charge on any atom is -0.496 e. The highest BCUT2D eigenvalue weighted by Gasteiger charge is 2.38. The van der Waals surface area contributed by atoms with Crippen LogP contribution in [0.2, 0.25) is 0 Å². The number of aromatic nitrogens is 3. The van der Waals surface area contributed by atoms with Crippen LogP contribution >= 0.6 is 0 Å². The minimum atomic E-state index is -4.61. The third-order valence-corrected chi connectivity index (χ3v) is 7.04. The van der Waals surface area contributed by atoms with E-state index in [0.29, 0.717) is 41.1 Å². The Morgan fingerprint density at radius 2 is 2.00 bits per heavy atom. The predicted octanol–water partition coefficient (Wildman–Crippen LogP) is 6.04. The Morgan fingerprint density at radius 3 is 2.69 bits per heavy atom. The summed E-state index contributed by atoms with van der Waals surface area (Å²) in [6, 6.07) is 9.79. The maximum absolute atomic E-state index is 13.6. The number of carboxylic acid groups (broad SMARTS) is 1. The number of carboxylic acids is 1. The first kappa shape index (κ1) is 24.9. The standard InChI is InChI=1S/C28H23F3N4O4/c1-38-23-12-22(27(36)37)33-21-9-7-17(11-20(21)23)35-13-15(14-35)4-8-18-24(34-39-25(18)16-5-6-16)19-3-2-10-32-26(19)28(29,30)31/h2-4,7-12,15-16H,5-6,13-14H2,1H3,(H,36,37)/b8-4+. The van der Waals surface area contributed by atoms with Gasteiger partial charge in [-0.25, -0.2) is 9.78 Å². The highest BCUT2D eigenvalue weighted by atomic mass is 19.4. The first-order valence-corrected chi connectivity index (χ1v) is 12.4. The molecular formula is C28H23F3N4O4. The summed E-state index contributed by atoms with van der Waals surface area (Å²) < 4.78 is 51.9. The van der Waals surface area contributed by atoms with Crippen LogP contribution in [0.5, 0.6) is 5.75 Å². The molecule has 1 N–H and O–H groups in total. The zero-order chi connectivity index (χ0) is 27.3. The second kappa shape index (κ2) is 9.40. The van der Waals surface area contributed by atoms with Crippen molar-refractivity contribution in [3.05, 3.63) is 71.4 Å². The second-order valence-corrected chi connectivity index (χ2v) is 9.72. The van der Waals surface area contributed by atoms with E-state index >= 15 is 0 Å². The van der Waals surface area contributed by atoms with Gasteiger partial charge in [0.2, 0.25) is 0 Å². The van der Waals surface area contributed by atoms with Crippen LogP contribution in [0.3, 0.4) is 0 Å². The van der Waals surface area contributed by atoms with Gasteiger partial charge in [-0.05, 0) is 43.2 Å². The number of benzene rings is 1. The van der Waals surface area contributed by atoms with Gasteiger partial charge in [-0.2, -0.15) is 13.2 Å². The van der Waals surface area contributed by atoms with Crippen LogP contribution in [0, 0.1) is 5.92 Å². The molecule has 6 rings (SSSR count). The highest BCUT2D eigenvalue weighted by Crippen LogP contribution is 2.46. The van der Waals surface area contributed by atoms with E-state index in [1.807, 2.05) is 24.3 Å². The van der Waals surface area contributed by atoms with E-state index in [4.69, 9.17) is 9.26 Å². The molecule has 2 aliphatic rings. The quantitative estimate of drug-likeness (QED) is 0.305. The molecule has 0 spiro atoms. The third-order valence-electron chi connectivity index (χ3n) is 7.04. The van der Waals surface area contributed by atoms with Gasteiger partial charge in [-0.15, -0.1) is 0 Å². The largest absolute Gasteiger partial charge is 0.496 e. The van der Waals surface area contributed by atoms with Crippen LogP contribution in [0.1, 0.15) is 46.3 Å². The average Bonchev–Trinajstić information content (AvgIpc) is 3.65. The van der Waals surface area contributed by atoms with Gasteiger partial charge in [-0.3, -0.25) is 4.98 Å². The zero-order valence-corrected chi connectivity index (χ0v) is 20.8. The average molecular weight is 537 g/mol. The van der Waals surface area contributed by atoms with Gasteiger partial charge in [0.15, 0.2) is 11.4 Å². The van der Waals surface area contributed by atoms with Crippen molar-refractivity contribution in [2.75, 3.05) is 25.1 Å². The Bertz CT molecular complexity index is 1600. The van der Waals surface area contributed by atoms with E-state index in [-0.39, 0.29) is 28.8 Å². The predicted molar refractivity (Wildman–Crippen MR) is 137 cm³/mol. The number of ether oxygens (including phenoxy) is 1. The van der Waals surface area contributed by atoms with E-state index in [9.17, 15) is 23.1 Å². The lowest BCUT2D eigenvalue weighted by Crippen LogP contribution is -2.45. The van der Waals surface area contributed by atoms with Crippen molar-refractivity contribution >= 4 is 28.6 Å². The summed E-state index contributed by atoms with van der Waals surface area (Å²) in [5.41, 5.74) is 1.01. The Balaban J connectivity index is 1.24. The molecule has 200 valence electrons. The smallest absolute Gasteiger partial charge is 0.434 e. The fourth-order valence-corrected chi connectivity index (χ4v) is 4.86. The number of aromatic carboxylic acids is 1. The molecule has 2 fully saturated rings. The van der Waals surface area contributed by atoms with E-state index in [2.05, 4.69) is 20.0 Å². The van der Waals surface area contributed by atoms with E-state index < -0.39 is 17.8 Å². The number of hydrogen-bond donors (Lipinski definition) is 1. The normalized spacial score (nSPS) is 16.2. The fraction of sp³-hybridized carbons (Fsp3) is 0.286. The van der Waals surface area contributed by atoms with Crippen molar-refractivity contribution in [2.45, 2.75) is 24.9 Å². The molecule has 1 aromatic carbocycles. The summed E-state index contributed by atoms with van der Waals surface area (Å²) in [7, 11) is 1.48. The summed E-state index contributed by atoms with van der Waals surface area (Å²) in [4.78, 5) is 21.3. The summed E-state index contributed by atoms with van der Waals surface area (Å²) in [6.07, 6.45) is 2.16. The molecule has 8 nitrogen and oxygen atoms in total. The summed E-state index contributed by atoms with van der Waals surface area (Å²) in [5, 5.41) is 14.0. The lowest BCUT2D eigenvalue weighted by Gasteiger charge is -2.39. The van der Waals surface area contributed by atoms with Crippen molar-refractivity contribution in [2.24, 2.45) is 5.92 Å². The number of halogens is 3. The Kier molecular flexibility index (Phi) is 6.00. The van der Waals surface area contributed by atoms with Gasteiger partial charge in [0.1, 0.15) is 17.2 Å². The number of fused-ring (bicyclic) bond motifs is 1. The van der Waals surface area contributed by atoms with Crippen molar-refractivity contribution in [3.63, 3.8) is 0 Å². The molecule has 4 aromatic rings. The van der Waals surface area contributed by atoms with Crippen LogP contribution in [-0.4, -0.2) is 46.4 Å². The zero-order valence-electron chi connectivity index (χ0n) is 20.8. The third kappa shape index (κ3) is 4.68. The van der Waals surface area contributed by atoms with Gasteiger partial charge in [-0.1, -0.05) is 17.3 Å². The number of rotatable bonds is 7. The summed E-state index contributed by atoms with van der Waals surface area (Å²) in [6.45, 7) is 1.40. The molecule has 39 heavy (non-hydrogen) atoms. The van der Waals surface area contributed by atoms with E-state index in [0.717, 1.165) is 24.7 Å². The van der Waals surface area contributed by atoms with Crippen LogP contribution in [0.4, 0.5) is 18.9 Å². The number of anilines is 1. The number of pyridine rings is 2. The molecule has 0 bridgehead atoms. The molecule has 0 atom stereocenters. The minimum absolute atomic E-state index is 0.0893. The maximum Gasteiger partial charge on any atom is 0.434 e. The lowest BCUT2D eigenvalue weighted by molar-refractivity contribution is -0.140. The molecule has 0 unspecified atom stereocenters. The van der Waals surface area contributed by atoms with Gasteiger partial charge in [0.05, 0.1) is 12.6 Å². The number of alkyl halides is 3. The SMILES string of the molecule is COc1cc(C(=O)O)nc2ccc(N3CC(/C=C/c4c(-c5cccnc5C(F)(F)F)noc4C4CC4)C3)cc12. The van der Waals surface area contributed by atoms with Crippen molar-refractivity contribution in [3.8, 4) is 17.0 Å². The van der Waals surface area contributed by atoms with Crippen LogP contribution in [0.15, 0.2) is 53.2 Å². The molecule has 4 heterocycles. The molecule has 0 amide bonds. The number of methoxy groups -OCH3 is 1.